The molecule has 22 N–H and O–H groups in total. The number of aliphatic hydroxyl groups is 3. The summed E-state index contributed by atoms with van der Waals surface area (Å²) in [5.74, 6) is -1.57. The van der Waals surface area contributed by atoms with E-state index in [1.807, 2.05) is 0 Å². The number of ether oxygens (including phenoxy) is 2. The highest BCUT2D eigenvalue weighted by molar-refractivity contribution is 5.92. The van der Waals surface area contributed by atoms with Gasteiger partial charge in [-0.15, -0.1) is 0 Å². The molecule has 354 valence electrons. The van der Waals surface area contributed by atoms with E-state index in [9.17, 15) is 44.1 Å². The van der Waals surface area contributed by atoms with Gasteiger partial charge in [0, 0.05) is 76.0 Å². The van der Waals surface area contributed by atoms with Crippen molar-refractivity contribution in [3.63, 3.8) is 0 Å². The van der Waals surface area contributed by atoms with E-state index in [1.54, 1.807) is 0 Å². The molecule has 3 heterocycles. The molecule has 25 heteroatoms. The summed E-state index contributed by atoms with van der Waals surface area (Å²) in [5, 5.41) is 51.4. The van der Waals surface area contributed by atoms with Gasteiger partial charge in [-0.1, -0.05) is 0 Å². The van der Waals surface area contributed by atoms with Crippen LogP contribution in [0.3, 0.4) is 0 Å². The van der Waals surface area contributed by atoms with Crippen molar-refractivity contribution in [3.05, 3.63) is 0 Å². The summed E-state index contributed by atoms with van der Waals surface area (Å²) in [6.45, 7) is 1.12. The zero-order chi connectivity index (χ0) is 45.8. The fourth-order valence-corrected chi connectivity index (χ4v) is 7.20. The van der Waals surface area contributed by atoms with Gasteiger partial charge >= 0.3 is 6.09 Å². The molecule has 6 amide bonds. The van der Waals surface area contributed by atoms with Crippen LogP contribution >= 0.6 is 0 Å². The van der Waals surface area contributed by atoms with Crippen LogP contribution in [0, 0.1) is 0 Å². The second-order valence-electron chi connectivity index (χ2n) is 16.1. The minimum atomic E-state index is -1.64. The summed E-state index contributed by atoms with van der Waals surface area (Å²) in [7, 11) is 0. The number of fused-ring (bicyclic) bond motifs is 1. The average Bonchev–Trinajstić information content (AvgIpc) is 3.64. The van der Waals surface area contributed by atoms with Gasteiger partial charge in [-0.05, 0) is 57.9 Å². The molecule has 0 aromatic heterocycles. The summed E-state index contributed by atoms with van der Waals surface area (Å²) >= 11 is 0. The molecule has 3 rings (SSSR count). The second-order valence-corrected chi connectivity index (χ2v) is 16.1. The molecular formula is C37H70N14O11. The highest BCUT2D eigenvalue weighted by Crippen LogP contribution is 2.22. The highest BCUT2D eigenvalue weighted by Gasteiger charge is 2.48. The Morgan fingerprint density at radius 3 is 1.71 bits per heavy atom. The smallest absolute Gasteiger partial charge is 0.404 e. The van der Waals surface area contributed by atoms with E-state index in [2.05, 4.69) is 42.2 Å². The van der Waals surface area contributed by atoms with E-state index < -0.39 is 85.4 Å². The van der Waals surface area contributed by atoms with Crippen LogP contribution in [0.25, 0.3) is 0 Å². The van der Waals surface area contributed by atoms with Crippen LogP contribution in [0.5, 0.6) is 0 Å². The largest absolute Gasteiger partial charge is 0.447 e. The maximum atomic E-state index is 13.1. The van der Waals surface area contributed by atoms with Crippen LogP contribution in [-0.2, 0) is 33.4 Å². The standard InChI is InChI=1S/C37H70N14O11/c38-9-1-5-19(39)13-25(53)44-10-2-6-20(40)14-26(54)45-11-3-7-21(41)15-27(55)46-12-4-8-22(42)16-28(56)48-31-33(58)32(57)24(18-61-36(43)60)62-35(31)51-37-49-29-23(52)17-47-34(59)30(29)50-37/h19-24,29-33,35,52,57-58H,1-18,38-42H2,(H2,43,60)(H,44,53)(H,45,54)(H,46,55)(H,47,59)(H,48,56)(H2,49,50,51). The van der Waals surface area contributed by atoms with E-state index in [1.165, 1.54) is 0 Å². The van der Waals surface area contributed by atoms with E-state index in [-0.39, 0.29) is 74.5 Å². The molecule has 12 unspecified atom stereocenters. The Morgan fingerprint density at radius 1 is 0.758 bits per heavy atom. The fraction of sp³-hybridized carbons (Fsp3) is 0.811. The van der Waals surface area contributed by atoms with Gasteiger partial charge < -0.3 is 96.4 Å². The first-order valence-corrected chi connectivity index (χ1v) is 21.3. The van der Waals surface area contributed by atoms with Crippen LogP contribution in [0.15, 0.2) is 4.99 Å². The zero-order valence-electron chi connectivity index (χ0n) is 35.2. The van der Waals surface area contributed by atoms with Gasteiger partial charge in [-0.3, -0.25) is 24.0 Å². The molecule has 0 bridgehead atoms. The summed E-state index contributed by atoms with van der Waals surface area (Å²) < 4.78 is 10.6. The summed E-state index contributed by atoms with van der Waals surface area (Å²) in [6, 6.07) is -4.65. The second kappa shape index (κ2) is 26.9. The number of carbonyl (C=O) groups excluding carboxylic acids is 6. The van der Waals surface area contributed by atoms with Crippen molar-refractivity contribution in [3.8, 4) is 0 Å². The Hall–Kier alpha value is -4.47. The number of piperidine rings is 1. The Bertz CT molecular complexity index is 1500. The van der Waals surface area contributed by atoms with Gasteiger partial charge in [0.25, 0.3) is 0 Å². The van der Waals surface area contributed by atoms with E-state index in [0.717, 1.165) is 6.42 Å². The van der Waals surface area contributed by atoms with Gasteiger partial charge in [0.2, 0.25) is 29.5 Å². The third kappa shape index (κ3) is 18.5. The predicted octanol–water partition coefficient (Wildman–Crippen LogP) is -6.91. The van der Waals surface area contributed by atoms with Crippen LogP contribution in [-0.4, -0.2) is 169 Å². The van der Waals surface area contributed by atoms with Crippen molar-refractivity contribution in [2.45, 2.75) is 150 Å². The van der Waals surface area contributed by atoms with E-state index in [0.29, 0.717) is 64.6 Å². The lowest BCUT2D eigenvalue weighted by molar-refractivity contribution is -0.198. The average molecular weight is 887 g/mol. The van der Waals surface area contributed by atoms with E-state index in [4.69, 9.17) is 43.9 Å². The van der Waals surface area contributed by atoms with Crippen molar-refractivity contribution >= 4 is 41.6 Å². The molecule has 62 heavy (non-hydrogen) atoms. The van der Waals surface area contributed by atoms with Crippen LogP contribution in [0.4, 0.5) is 4.79 Å². The van der Waals surface area contributed by atoms with Gasteiger partial charge in [-0.2, -0.15) is 0 Å². The molecule has 2 saturated heterocycles. The van der Waals surface area contributed by atoms with Gasteiger partial charge in [-0.25, -0.2) is 9.79 Å². The van der Waals surface area contributed by atoms with Gasteiger partial charge in [0.1, 0.15) is 31.0 Å². The van der Waals surface area contributed by atoms with Crippen molar-refractivity contribution in [1.82, 2.24) is 37.2 Å². The Morgan fingerprint density at radius 2 is 1.24 bits per heavy atom. The number of nitrogens with two attached hydrogens (primary N) is 6. The van der Waals surface area contributed by atoms with Crippen LogP contribution in [0.2, 0.25) is 0 Å². The number of guanidine groups is 1. The highest BCUT2D eigenvalue weighted by atomic mass is 16.6. The lowest BCUT2D eigenvalue weighted by atomic mass is 9.95. The number of nitrogens with one attached hydrogen (secondary N) is 7. The fourth-order valence-electron chi connectivity index (χ4n) is 7.20. The predicted molar refractivity (Wildman–Crippen MR) is 224 cm³/mol. The molecule has 0 aromatic rings. The Labute approximate surface area is 360 Å². The molecule has 3 aliphatic heterocycles. The SMILES string of the molecule is NCCCC(N)CC(=O)NCCCC(N)CC(=O)NCCCC(N)CC(=O)NCCCC(N)CC(=O)NC1C(NC2=NC3C(=O)NCC(O)C3N2)OC(COC(N)=O)C(O)C1O. The number of aliphatic imine (C=N–C) groups is 1. The van der Waals surface area contributed by atoms with Crippen molar-refractivity contribution in [2.75, 3.05) is 39.3 Å². The van der Waals surface area contributed by atoms with Gasteiger partial charge in [0.05, 0.1) is 12.1 Å². The number of amides is 6. The molecule has 3 aliphatic rings. The maximum Gasteiger partial charge on any atom is 0.404 e. The third-order valence-electron chi connectivity index (χ3n) is 10.6. The first-order chi connectivity index (χ1) is 29.5. The van der Waals surface area contributed by atoms with E-state index >= 15 is 0 Å². The lowest BCUT2D eigenvalue weighted by Crippen LogP contribution is -2.69. The molecule has 0 aromatic carbocycles. The molecule has 0 spiro atoms. The topological polar surface area (TPSA) is 434 Å². The number of aliphatic hydroxyl groups excluding tert-OH is 3. The number of hydrogen-bond donors (Lipinski definition) is 16. The van der Waals surface area contributed by atoms with Crippen molar-refractivity contribution in [1.29, 1.82) is 0 Å². The summed E-state index contributed by atoms with van der Waals surface area (Å²) in [5.41, 5.74) is 34.8. The van der Waals surface area contributed by atoms with Crippen molar-refractivity contribution < 1.29 is 53.6 Å². The molecule has 2 fully saturated rings. The van der Waals surface area contributed by atoms with Crippen LogP contribution in [0.1, 0.15) is 77.0 Å². The number of nitrogens with zero attached hydrogens (tertiary/aromatic N) is 1. The monoisotopic (exact) mass is 887 g/mol. The first kappa shape index (κ1) is 51.9. The Balaban J connectivity index is 1.30. The Kier molecular flexibility index (Phi) is 22.5. The van der Waals surface area contributed by atoms with Gasteiger partial charge in [0.15, 0.2) is 18.2 Å². The molecule has 25 nitrogen and oxygen atoms in total. The summed E-state index contributed by atoms with van der Waals surface area (Å²) in [4.78, 5) is 77.6. The first-order valence-electron chi connectivity index (χ1n) is 21.3. The number of β-amino-alcohol motifs (C(OH)–C–C–N with tert-alkyl or cyclic N) is 1. The molecule has 0 saturated carbocycles. The minimum Gasteiger partial charge on any atom is -0.447 e. The number of rotatable bonds is 27. The number of primary amides is 1. The van der Waals surface area contributed by atoms with Crippen molar-refractivity contribution in [2.24, 2.45) is 39.4 Å². The lowest BCUT2D eigenvalue weighted by Gasteiger charge is -2.43. The summed E-state index contributed by atoms with van der Waals surface area (Å²) in [6.07, 6.45) is -3.15. The minimum absolute atomic E-state index is 0.00971. The molecule has 12 atom stereocenters. The zero-order valence-corrected chi connectivity index (χ0v) is 35.2. The number of carbonyl (C=O) groups is 6. The quantitative estimate of drug-likeness (QED) is 0.0341. The normalized spacial score (nSPS) is 26.3. The molecule has 0 radical (unpaired) electrons. The molecular weight excluding hydrogens is 816 g/mol. The number of hydrogen-bond acceptors (Lipinski definition) is 19. The van der Waals surface area contributed by atoms with Crippen LogP contribution < -0.4 is 71.6 Å². The molecule has 0 aliphatic carbocycles. The third-order valence-corrected chi connectivity index (χ3v) is 10.6. The maximum absolute atomic E-state index is 13.1.